The fourth-order valence-electron chi connectivity index (χ4n) is 3.65. The molecule has 0 bridgehead atoms. The van der Waals surface area contributed by atoms with E-state index in [1.165, 1.54) is 6.07 Å². The molecule has 2 heterocycles. The van der Waals surface area contributed by atoms with Crippen LogP contribution in [0, 0.1) is 0 Å². The Kier molecular flexibility index (Phi) is 5.53. The largest absolute Gasteiger partial charge is 0.472 e. The Balaban J connectivity index is 1.45. The van der Waals surface area contributed by atoms with Crippen LogP contribution in [0.2, 0.25) is 0 Å². The molecular weight excluding hydrogens is 391 g/mol. The van der Waals surface area contributed by atoms with Crippen LogP contribution in [0.5, 0.6) is 5.88 Å². The van der Waals surface area contributed by atoms with Gasteiger partial charge in [0.05, 0.1) is 23.5 Å². The number of hydrogen-bond acceptors (Lipinski definition) is 4. The molecule has 1 fully saturated rings. The molecule has 4 nitrogen and oxygen atoms in total. The van der Waals surface area contributed by atoms with Gasteiger partial charge in [0.1, 0.15) is 6.10 Å². The highest BCUT2D eigenvalue weighted by atomic mass is 19.4. The van der Waals surface area contributed by atoms with Crippen molar-refractivity contribution in [1.29, 1.82) is 0 Å². The van der Waals surface area contributed by atoms with E-state index in [4.69, 9.17) is 4.74 Å². The molecule has 1 aliphatic heterocycles. The lowest BCUT2D eigenvalue weighted by Crippen LogP contribution is -2.25. The van der Waals surface area contributed by atoms with Gasteiger partial charge in [-0.1, -0.05) is 36.4 Å². The smallest absolute Gasteiger partial charge is 0.417 e. The lowest BCUT2D eigenvalue weighted by atomic mass is 10.0. The minimum Gasteiger partial charge on any atom is -0.472 e. The number of ether oxygens (including phenoxy) is 1. The summed E-state index contributed by atoms with van der Waals surface area (Å²) in [6.45, 7) is 1.44. The molecule has 3 aromatic rings. The third-order valence-corrected chi connectivity index (χ3v) is 5.21. The molecule has 156 valence electrons. The zero-order chi connectivity index (χ0) is 21.1. The Morgan fingerprint density at radius 1 is 1.03 bits per heavy atom. The van der Waals surface area contributed by atoms with E-state index in [9.17, 15) is 13.2 Å². The molecule has 1 N–H and O–H groups in total. The van der Waals surface area contributed by atoms with Gasteiger partial charge in [0.25, 0.3) is 0 Å². The molecule has 1 saturated heterocycles. The summed E-state index contributed by atoms with van der Waals surface area (Å²) in [6.07, 6.45) is -2.95. The lowest BCUT2D eigenvalue weighted by molar-refractivity contribution is -0.137. The second-order valence-corrected chi connectivity index (χ2v) is 7.21. The Labute approximate surface area is 173 Å². The number of hydrogen-bond donors (Lipinski definition) is 1. The summed E-state index contributed by atoms with van der Waals surface area (Å²) >= 11 is 0. The Hall–Kier alpha value is -3.22. The Morgan fingerprint density at radius 3 is 2.50 bits per heavy atom. The van der Waals surface area contributed by atoms with Crippen LogP contribution >= 0.6 is 0 Å². The van der Waals surface area contributed by atoms with Gasteiger partial charge in [0.2, 0.25) is 5.88 Å². The summed E-state index contributed by atoms with van der Waals surface area (Å²) in [4.78, 5) is 6.03. The zero-order valence-electron chi connectivity index (χ0n) is 16.5. The average Bonchev–Trinajstić information content (AvgIpc) is 3.22. The predicted octanol–water partition coefficient (Wildman–Crippen LogP) is 5.47. The van der Waals surface area contributed by atoms with Crippen LogP contribution in [-0.2, 0) is 6.18 Å². The van der Waals surface area contributed by atoms with Crippen molar-refractivity contribution in [2.24, 2.45) is 0 Å². The molecule has 30 heavy (non-hydrogen) atoms. The van der Waals surface area contributed by atoms with E-state index in [1.807, 2.05) is 25.2 Å². The quantitative estimate of drug-likeness (QED) is 0.602. The number of nitrogens with one attached hydrogen (secondary N) is 1. The number of halogens is 3. The van der Waals surface area contributed by atoms with E-state index in [0.29, 0.717) is 6.54 Å². The van der Waals surface area contributed by atoms with Crippen molar-refractivity contribution in [2.45, 2.75) is 18.7 Å². The topological polar surface area (TPSA) is 37.4 Å². The second kappa shape index (κ2) is 8.26. The molecule has 1 atom stereocenters. The van der Waals surface area contributed by atoms with Gasteiger partial charge in [-0.3, -0.25) is 0 Å². The maximum atomic E-state index is 12.7. The van der Waals surface area contributed by atoms with Gasteiger partial charge in [0.15, 0.2) is 0 Å². The van der Waals surface area contributed by atoms with Gasteiger partial charge in [-0.2, -0.15) is 13.2 Å². The first kappa shape index (κ1) is 20.1. The summed E-state index contributed by atoms with van der Waals surface area (Å²) < 4.78 is 43.9. The summed E-state index contributed by atoms with van der Waals surface area (Å²) in [5, 5.41) is 3.27. The molecule has 0 radical (unpaired) electrons. The number of pyridine rings is 1. The van der Waals surface area contributed by atoms with Gasteiger partial charge >= 0.3 is 6.18 Å². The second-order valence-electron chi connectivity index (χ2n) is 7.21. The number of aromatic nitrogens is 1. The highest BCUT2D eigenvalue weighted by Gasteiger charge is 2.31. The monoisotopic (exact) mass is 413 g/mol. The normalized spacial score (nSPS) is 16.5. The third kappa shape index (κ3) is 4.35. The average molecular weight is 413 g/mol. The highest BCUT2D eigenvalue weighted by Crippen LogP contribution is 2.34. The van der Waals surface area contributed by atoms with Crippen LogP contribution in [0.15, 0.2) is 66.9 Å². The predicted molar refractivity (Wildman–Crippen MR) is 112 cm³/mol. The molecule has 1 aliphatic rings. The molecule has 0 spiro atoms. The van der Waals surface area contributed by atoms with E-state index in [1.54, 1.807) is 0 Å². The van der Waals surface area contributed by atoms with Crippen LogP contribution in [0.4, 0.5) is 24.5 Å². The van der Waals surface area contributed by atoms with Crippen molar-refractivity contribution in [3.05, 3.63) is 72.4 Å². The third-order valence-electron chi connectivity index (χ3n) is 5.21. The van der Waals surface area contributed by atoms with Gasteiger partial charge in [0, 0.05) is 32.3 Å². The summed E-state index contributed by atoms with van der Waals surface area (Å²) in [7, 11) is 1.89. The number of nitrogens with zero attached hydrogens (tertiary/aromatic N) is 2. The van der Waals surface area contributed by atoms with Gasteiger partial charge in [-0.05, 0) is 29.3 Å². The van der Waals surface area contributed by atoms with Crippen LogP contribution < -0.4 is 15.0 Å². The Morgan fingerprint density at radius 2 is 1.83 bits per heavy atom. The lowest BCUT2D eigenvalue weighted by Gasteiger charge is -2.23. The first-order chi connectivity index (χ1) is 14.4. The number of anilines is 2. The molecule has 1 aromatic heterocycles. The maximum absolute atomic E-state index is 12.7. The van der Waals surface area contributed by atoms with Crippen molar-refractivity contribution < 1.29 is 17.9 Å². The molecule has 0 aliphatic carbocycles. The molecule has 4 rings (SSSR count). The van der Waals surface area contributed by atoms with Crippen LogP contribution in [0.25, 0.3) is 11.1 Å². The fraction of sp³-hybridized carbons (Fsp3) is 0.261. The van der Waals surface area contributed by atoms with E-state index >= 15 is 0 Å². The van der Waals surface area contributed by atoms with Gasteiger partial charge in [-0.25, -0.2) is 4.98 Å². The summed E-state index contributed by atoms with van der Waals surface area (Å²) in [5.74, 6) is 0.211. The molecular formula is C23H22F3N3O. The molecule has 1 unspecified atom stereocenters. The zero-order valence-corrected chi connectivity index (χ0v) is 16.5. The molecule has 0 saturated carbocycles. The van der Waals surface area contributed by atoms with Crippen molar-refractivity contribution in [3.63, 3.8) is 0 Å². The van der Waals surface area contributed by atoms with Crippen molar-refractivity contribution in [3.8, 4) is 17.0 Å². The standard InChI is InChI=1S/C23H22F3N3O/c1-27-20-13-17(16-5-3-2-4-6-16)7-9-21(20)29-12-11-19(15-29)30-22-10-8-18(14-28-22)23(24,25)26/h2-10,13-14,19,27H,11-12,15H2,1H3. The van der Waals surface area contributed by atoms with E-state index in [2.05, 4.69) is 45.5 Å². The first-order valence-electron chi connectivity index (χ1n) is 9.76. The fourth-order valence-corrected chi connectivity index (χ4v) is 3.65. The minimum atomic E-state index is -4.40. The summed E-state index contributed by atoms with van der Waals surface area (Å²) in [6, 6.07) is 18.7. The van der Waals surface area contributed by atoms with E-state index < -0.39 is 11.7 Å². The van der Waals surface area contributed by atoms with Crippen molar-refractivity contribution in [2.75, 3.05) is 30.4 Å². The minimum absolute atomic E-state index is 0.132. The SMILES string of the molecule is CNc1cc(-c2ccccc2)ccc1N1CCC(Oc2ccc(C(F)(F)F)cn2)C1. The van der Waals surface area contributed by atoms with Crippen LogP contribution in [0.3, 0.4) is 0 Å². The number of alkyl halides is 3. The van der Waals surface area contributed by atoms with E-state index in [0.717, 1.165) is 47.7 Å². The Bertz CT molecular complexity index is 991. The summed E-state index contributed by atoms with van der Waals surface area (Å²) in [5.41, 5.74) is 3.59. The number of benzene rings is 2. The number of rotatable bonds is 5. The molecule has 2 aromatic carbocycles. The van der Waals surface area contributed by atoms with Crippen LogP contribution in [-0.4, -0.2) is 31.2 Å². The van der Waals surface area contributed by atoms with Gasteiger partial charge in [-0.15, -0.1) is 0 Å². The van der Waals surface area contributed by atoms with Crippen molar-refractivity contribution in [1.82, 2.24) is 4.98 Å². The first-order valence-corrected chi connectivity index (χ1v) is 9.76. The maximum Gasteiger partial charge on any atom is 0.417 e. The van der Waals surface area contributed by atoms with E-state index in [-0.39, 0.29) is 12.0 Å². The van der Waals surface area contributed by atoms with Crippen molar-refractivity contribution >= 4 is 11.4 Å². The molecule has 0 amide bonds. The van der Waals surface area contributed by atoms with Gasteiger partial charge < -0.3 is 15.0 Å². The van der Waals surface area contributed by atoms with Crippen LogP contribution in [0.1, 0.15) is 12.0 Å². The highest BCUT2D eigenvalue weighted by molar-refractivity contribution is 5.78. The molecule has 7 heteroatoms.